The lowest BCUT2D eigenvalue weighted by Gasteiger charge is -2.20. The van der Waals surface area contributed by atoms with E-state index in [0.717, 1.165) is 19.2 Å². The van der Waals surface area contributed by atoms with Crippen molar-refractivity contribution in [3.05, 3.63) is 53.8 Å². The van der Waals surface area contributed by atoms with Crippen molar-refractivity contribution in [1.82, 2.24) is 0 Å². The summed E-state index contributed by atoms with van der Waals surface area (Å²) in [4.78, 5) is -1.11. The van der Waals surface area contributed by atoms with Crippen molar-refractivity contribution in [2.45, 2.75) is 4.90 Å². The quantitative estimate of drug-likeness (QED) is 0.885. The van der Waals surface area contributed by atoms with Gasteiger partial charge in [-0.2, -0.15) is 0 Å². The van der Waals surface area contributed by atoms with E-state index in [2.05, 4.69) is 0 Å². The van der Waals surface area contributed by atoms with Gasteiger partial charge in [-0.15, -0.1) is 0 Å². The lowest BCUT2D eigenvalue weighted by molar-refractivity contribution is 0.519. The molecular weight excluding hydrogens is 305 g/mol. The lowest BCUT2D eigenvalue weighted by Crippen LogP contribution is -2.28. The highest BCUT2D eigenvalue weighted by Crippen LogP contribution is 2.27. The highest BCUT2D eigenvalue weighted by molar-refractivity contribution is 7.92. The Kier molecular flexibility index (Phi) is 3.82. The Hall–Kier alpha value is -2.22. The third kappa shape index (κ3) is 2.80. The van der Waals surface area contributed by atoms with Crippen molar-refractivity contribution in [2.75, 3.05) is 17.1 Å². The van der Waals surface area contributed by atoms with Gasteiger partial charge >= 0.3 is 0 Å². The van der Waals surface area contributed by atoms with E-state index in [9.17, 15) is 21.6 Å². The molecule has 0 amide bonds. The normalized spacial score (nSPS) is 11.4. The smallest absolute Gasteiger partial charge is 0.269 e. The molecule has 0 saturated carbocycles. The zero-order valence-electron chi connectivity index (χ0n) is 10.8. The van der Waals surface area contributed by atoms with E-state index in [4.69, 9.17) is 5.73 Å². The Morgan fingerprint density at radius 2 is 1.48 bits per heavy atom. The highest BCUT2D eigenvalue weighted by atomic mass is 32.2. The minimum absolute atomic E-state index is 0.0621. The number of nitrogen functional groups attached to an aromatic ring is 1. The summed E-state index contributed by atoms with van der Waals surface area (Å²) in [6.07, 6.45) is 0. The molecule has 0 saturated heterocycles. The van der Waals surface area contributed by atoms with Gasteiger partial charge in [0.15, 0.2) is 4.90 Å². The summed E-state index contributed by atoms with van der Waals surface area (Å²) in [5.74, 6) is -3.14. The number of rotatable bonds is 3. The Bertz CT molecular complexity index is 753. The van der Waals surface area contributed by atoms with Crippen molar-refractivity contribution in [1.29, 1.82) is 0 Å². The molecule has 0 aliphatic heterocycles. The molecule has 0 atom stereocenters. The van der Waals surface area contributed by atoms with Crippen LogP contribution in [0.1, 0.15) is 0 Å². The monoisotopic (exact) mass is 316 g/mol. The summed E-state index contributed by atoms with van der Waals surface area (Å²) >= 11 is 0. The maximum absolute atomic E-state index is 13.8. The van der Waals surface area contributed by atoms with Crippen molar-refractivity contribution in [3.63, 3.8) is 0 Å². The van der Waals surface area contributed by atoms with E-state index in [-0.39, 0.29) is 11.4 Å². The van der Waals surface area contributed by atoms with Crippen LogP contribution in [0.4, 0.5) is 24.5 Å². The van der Waals surface area contributed by atoms with Gasteiger partial charge in [-0.05, 0) is 36.4 Å². The molecule has 0 heterocycles. The van der Waals surface area contributed by atoms with E-state index < -0.39 is 32.4 Å². The molecular formula is C13H11F3N2O2S. The SMILES string of the molecule is CN(c1ccc(F)cc1)S(=O)(=O)c1c(F)cc(N)cc1F. The van der Waals surface area contributed by atoms with Gasteiger partial charge < -0.3 is 5.73 Å². The van der Waals surface area contributed by atoms with E-state index >= 15 is 0 Å². The molecule has 2 aromatic carbocycles. The van der Waals surface area contributed by atoms with Gasteiger partial charge in [0, 0.05) is 12.7 Å². The second-order valence-corrected chi connectivity index (χ2v) is 6.17. The second kappa shape index (κ2) is 5.28. The number of nitrogens with two attached hydrogens (primary N) is 1. The summed E-state index contributed by atoms with van der Waals surface area (Å²) < 4.78 is 65.6. The van der Waals surface area contributed by atoms with Gasteiger partial charge in [0.2, 0.25) is 0 Å². The minimum atomic E-state index is -4.48. The highest BCUT2D eigenvalue weighted by Gasteiger charge is 2.29. The van der Waals surface area contributed by atoms with Crippen molar-refractivity contribution >= 4 is 21.4 Å². The average molecular weight is 316 g/mol. The topological polar surface area (TPSA) is 63.4 Å². The number of benzene rings is 2. The van der Waals surface area contributed by atoms with E-state index in [0.29, 0.717) is 16.4 Å². The number of halogens is 3. The van der Waals surface area contributed by atoms with Gasteiger partial charge in [-0.3, -0.25) is 4.31 Å². The fourth-order valence-corrected chi connectivity index (χ4v) is 3.04. The molecule has 0 fully saturated rings. The molecule has 0 radical (unpaired) electrons. The Morgan fingerprint density at radius 3 is 1.95 bits per heavy atom. The Morgan fingerprint density at radius 1 is 1.00 bits per heavy atom. The summed E-state index contributed by atoms with van der Waals surface area (Å²) in [7, 11) is -3.37. The van der Waals surface area contributed by atoms with Gasteiger partial charge in [0.1, 0.15) is 17.5 Å². The van der Waals surface area contributed by atoms with Crippen LogP contribution in [0, 0.1) is 17.5 Å². The van der Waals surface area contributed by atoms with Crippen molar-refractivity contribution in [2.24, 2.45) is 0 Å². The summed E-state index contributed by atoms with van der Waals surface area (Å²) in [5, 5.41) is 0. The van der Waals surface area contributed by atoms with E-state index in [1.807, 2.05) is 0 Å². The molecule has 4 nitrogen and oxygen atoms in total. The molecule has 0 spiro atoms. The van der Waals surface area contributed by atoms with Gasteiger partial charge in [0.25, 0.3) is 10.0 Å². The summed E-state index contributed by atoms with van der Waals surface area (Å²) in [6.45, 7) is 0. The first kappa shape index (κ1) is 15.2. The van der Waals surface area contributed by atoms with Crippen LogP contribution in [0.2, 0.25) is 0 Å². The van der Waals surface area contributed by atoms with Crippen LogP contribution >= 0.6 is 0 Å². The molecule has 8 heteroatoms. The standard InChI is InChI=1S/C13H11F3N2O2S/c1-18(10-4-2-8(14)3-5-10)21(19,20)13-11(15)6-9(17)7-12(13)16/h2-7H,17H2,1H3. The molecule has 2 N–H and O–H groups in total. The van der Waals surface area contributed by atoms with Crippen molar-refractivity contribution < 1.29 is 21.6 Å². The summed E-state index contributed by atoms with van der Waals surface area (Å²) in [5.41, 5.74) is 5.08. The zero-order chi connectivity index (χ0) is 15.8. The Labute approximate surface area is 119 Å². The third-order valence-corrected chi connectivity index (χ3v) is 4.67. The minimum Gasteiger partial charge on any atom is -0.399 e. The number of nitrogens with zero attached hydrogens (tertiary/aromatic N) is 1. The molecule has 2 aromatic rings. The van der Waals surface area contributed by atoms with Crippen LogP contribution in [-0.2, 0) is 10.0 Å². The molecule has 2 rings (SSSR count). The Balaban J connectivity index is 2.54. The molecule has 0 aromatic heterocycles. The molecule has 0 unspecified atom stereocenters. The lowest BCUT2D eigenvalue weighted by atomic mass is 10.3. The third-order valence-electron chi connectivity index (χ3n) is 2.83. The largest absolute Gasteiger partial charge is 0.399 e. The molecule has 112 valence electrons. The summed E-state index contributed by atoms with van der Waals surface area (Å²) in [6, 6.07) is 5.87. The fourth-order valence-electron chi connectivity index (χ4n) is 1.75. The van der Waals surface area contributed by atoms with Gasteiger partial charge in [0.05, 0.1) is 5.69 Å². The fraction of sp³-hybridized carbons (Fsp3) is 0.0769. The predicted octanol–water partition coefficient (Wildman–Crippen LogP) is 2.51. The molecule has 0 bridgehead atoms. The molecule has 0 aliphatic rings. The van der Waals surface area contributed by atoms with Crippen LogP contribution < -0.4 is 10.0 Å². The van der Waals surface area contributed by atoms with Gasteiger partial charge in [-0.1, -0.05) is 0 Å². The number of hydrogen-bond acceptors (Lipinski definition) is 3. The van der Waals surface area contributed by atoms with E-state index in [1.165, 1.54) is 12.1 Å². The van der Waals surface area contributed by atoms with Crippen LogP contribution in [0.15, 0.2) is 41.3 Å². The van der Waals surface area contributed by atoms with Crippen LogP contribution in [0.25, 0.3) is 0 Å². The first-order valence-electron chi connectivity index (χ1n) is 5.72. The van der Waals surface area contributed by atoms with Crippen molar-refractivity contribution in [3.8, 4) is 0 Å². The van der Waals surface area contributed by atoms with Gasteiger partial charge in [-0.25, -0.2) is 21.6 Å². The number of sulfonamides is 1. The predicted molar refractivity (Wildman–Crippen MR) is 72.8 cm³/mol. The van der Waals surface area contributed by atoms with Crippen LogP contribution in [0.3, 0.4) is 0 Å². The first-order valence-corrected chi connectivity index (χ1v) is 7.16. The number of hydrogen-bond donors (Lipinski definition) is 1. The average Bonchev–Trinajstić information content (AvgIpc) is 2.37. The number of anilines is 2. The molecule has 21 heavy (non-hydrogen) atoms. The van der Waals surface area contributed by atoms with Crippen LogP contribution in [0.5, 0.6) is 0 Å². The van der Waals surface area contributed by atoms with E-state index in [1.54, 1.807) is 0 Å². The molecule has 0 aliphatic carbocycles. The second-order valence-electron chi connectivity index (χ2n) is 4.26. The maximum atomic E-state index is 13.8. The van der Waals surface area contributed by atoms with Crippen LogP contribution in [-0.4, -0.2) is 15.5 Å². The zero-order valence-corrected chi connectivity index (χ0v) is 11.7. The first-order chi connectivity index (χ1) is 9.73. The maximum Gasteiger partial charge on any atom is 0.269 e.